The number of aliphatic imine (C=N–C) groups is 1. The highest BCUT2D eigenvalue weighted by atomic mass is 14.7. The Morgan fingerprint density at radius 3 is 2.75 bits per heavy atom. The molecule has 0 atom stereocenters. The van der Waals surface area contributed by atoms with Gasteiger partial charge in [0.2, 0.25) is 0 Å². The normalized spacial score (nSPS) is 8.12. The standard InChI is InChI=1S/C6H12N2/c1-2-3-4-5-8-6-7/h7H,2-5H2,1H3. The highest BCUT2D eigenvalue weighted by molar-refractivity contribution is 5.35. The van der Waals surface area contributed by atoms with Crippen molar-refractivity contribution in [2.45, 2.75) is 26.2 Å². The summed E-state index contributed by atoms with van der Waals surface area (Å²) in [5.41, 5.74) is 0. The lowest BCUT2D eigenvalue weighted by Crippen LogP contribution is -1.77. The fourth-order valence-corrected chi connectivity index (χ4v) is 0.497. The van der Waals surface area contributed by atoms with Gasteiger partial charge in [0.05, 0.1) is 6.01 Å². The third-order valence-electron chi connectivity index (χ3n) is 0.953. The van der Waals surface area contributed by atoms with Crippen LogP contribution in [0.3, 0.4) is 0 Å². The third-order valence-corrected chi connectivity index (χ3v) is 0.953. The first kappa shape index (κ1) is 7.38. The van der Waals surface area contributed by atoms with Crippen molar-refractivity contribution in [2.75, 3.05) is 6.54 Å². The van der Waals surface area contributed by atoms with E-state index in [1.165, 1.54) is 12.8 Å². The molecule has 0 aliphatic rings. The van der Waals surface area contributed by atoms with Gasteiger partial charge in [-0.2, -0.15) is 0 Å². The molecule has 0 bridgehead atoms. The minimum absolute atomic E-state index is 0.775. The molecule has 2 heteroatoms. The molecule has 8 heavy (non-hydrogen) atoms. The number of nitrogens with one attached hydrogen (secondary N) is 1. The van der Waals surface area contributed by atoms with E-state index in [0.29, 0.717) is 0 Å². The van der Waals surface area contributed by atoms with Crippen molar-refractivity contribution in [1.29, 1.82) is 5.41 Å². The van der Waals surface area contributed by atoms with Gasteiger partial charge in [0.15, 0.2) is 0 Å². The van der Waals surface area contributed by atoms with Crippen molar-refractivity contribution >= 4 is 6.01 Å². The topological polar surface area (TPSA) is 36.2 Å². The van der Waals surface area contributed by atoms with Gasteiger partial charge in [-0.05, 0) is 6.42 Å². The smallest absolute Gasteiger partial charge is 0.0861 e. The van der Waals surface area contributed by atoms with Crippen molar-refractivity contribution in [3.63, 3.8) is 0 Å². The SMILES string of the molecule is CCCCCN=C=N. The van der Waals surface area contributed by atoms with Crippen molar-refractivity contribution in [3.05, 3.63) is 0 Å². The number of unbranched alkanes of at least 4 members (excludes halogenated alkanes) is 2. The molecule has 0 aromatic heterocycles. The van der Waals surface area contributed by atoms with Crippen molar-refractivity contribution in [1.82, 2.24) is 0 Å². The molecule has 0 fully saturated rings. The Morgan fingerprint density at radius 2 is 2.25 bits per heavy atom. The van der Waals surface area contributed by atoms with Gasteiger partial charge in [-0.3, -0.25) is 0 Å². The second-order valence-electron chi connectivity index (χ2n) is 1.70. The average molecular weight is 112 g/mol. The summed E-state index contributed by atoms with van der Waals surface area (Å²) in [6.07, 6.45) is 3.53. The van der Waals surface area contributed by atoms with Crippen LogP contribution >= 0.6 is 0 Å². The van der Waals surface area contributed by atoms with Crippen LogP contribution in [0.15, 0.2) is 4.99 Å². The molecule has 1 N–H and O–H groups in total. The zero-order valence-corrected chi connectivity index (χ0v) is 5.28. The number of hydrogen-bond acceptors (Lipinski definition) is 2. The Kier molecular flexibility index (Phi) is 5.89. The molecule has 0 spiro atoms. The third kappa shape index (κ3) is 5.38. The number of nitrogens with zero attached hydrogens (tertiary/aromatic N) is 1. The maximum atomic E-state index is 6.42. The van der Waals surface area contributed by atoms with Crippen molar-refractivity contribution < 1.29 is 0 Å². The quantitative estimate of drug-likeness (QED) is 0.426. The van der Waals surface area contributed by atoms with Gasteiger partial charge in [-0.1, -0.05) is 19.8 Å². The van der Waals surface area contributed by atoms with Gasteiger partial charge in [0.25, 0.3) is 0 Å². The summed E-state index contributed by atoms with van der Waals surface area (Å²) in [4.78, 5) is 3.63. The molecule has 0 saturated carbocycles. The van der Waals surface area contributed by atoms with Crippen LogP contribution in [0.5, 0.6) is 0 Å². The van der Waals surface area contributed by atoms with E-state index in [2.05, 4.69) is 11.9 Å². The molecule has 0 aliphatic carbocycles. The predicted molar refractivity (Wildman–Crippen MR) is 34.5 cm³/mol. The van der Waals surface area contributed by atoms with Crippen LogP contribution in [0, 0.1) is 5.41 Å². The van der Waals surface area contributed by atoms with Crippen molar-refractivity contribution in [3.8, 4) is 0 Å². The Morgan fingerprint density at radius 1 is 1.50 bits per heavy atom. The van der Waals surface area contributed by atoms with Crippen LogP contribution in [0.1, 0.15) is 26.2 Å². The summed E-state index contributed by atoms with van der Waals surface area (Å²) in [6, 6.07) is 2.00. The summed E-state index contributed by atoms with van der Waals surface area (Å²) < 4.78 is 0. The molecular weight excluding hydrogens is 100 g/mol. The molecule has 0 aliphatic heterocycles. The molecule has 2 nitrogen and oxygen atoms in total. The van der Waals surface area contributed by atoms with Gasteiger partial charge in [-0.15, -0.1) is 0 Å². The molecule has 0 aromatic carbocycles. The molecule has 0 saturated heterocycles. The van der Waals surface area contributed by atoms with Gasteiger partial charge >= 0.3 is 0 Å². The zero-order valence-electron chi connectivity index (χ0n) is 5.28. The predicted octanol–water partition coefficient (Wildman–Crippen LogP) is 1.93. The Hall–Kier alpha value is -0.620. The fourth-order valence-electron chi connectivity index (χ4n) is 0.497. The lowest BCUT2D eigenvalue weighted by atomic mass is 10.3. The minimum Gasteiger partial charge on any atom is -0.242 e. The number of hydrogen-bond donors (Lipinski definition) is 1. The summed E-state index contributed by atoms with van der Waals surface area (Å²) in [5, 5.41) is 6.42. The highest BCUT2D eigenvalue weighted by Gasteiger charge is 1.79. The van der Waals surface area contributed by atoms with Crippen LogP contribution in [0.4, 0.5) is 0 Å². The van der Waals surface area contributed by atoms with E-state index in [1.54, 1.807) is 0 Å². The first-order valence-corrected chi connectivity index (χ1v) is 3.00. The van der Waals surface area contributed by atoms with Crippen LogP contribution in [0.25, 0.3) is 0 Å². The Bertz CT molecular complexity index is 82.5. The molecule has 0 aromatic rings. The molecule has 0 amide bonds. The second kappa shape index (κ2) is 6.38. The lowest BCUT2D eigenvalue weighted by Gasteiger charge is -1.87. The minimum atomic E-state index is 0.775. The van der Waals surface area contributed by atoms with E-state index >= 15 is 0 Å². The van der Waals surface area contributed by atoms with E-state index in [1.807, 2.05) is 6.01 Å². The first-order chi connectivity index (χ1) is 3.91. The summed E-state index contributed by atoms with van der Waals surface area (Å²) >= 11 is 0. The van der Waals surface area contributed by atoms with Crippen LogP contribution < -0.4 is 0 Å². The summed E-state index contributed by atoms with van der Waals surface area (Å²) in [7, 11) is 0. The largest absolute Gasteiger partial charge is 0.242 e. The van der Waals surface area contributed by atoms with Gasteiger partial charge in [0.1, 0.15) is 0 Å². The van der Waals surface area contributed by atoms with E-state index < -0.39 is 0 Å². The van der Waals surface area contributed by atoms with E-state index in [-0.39, 0.29) is 0 Å². The zero-order chi connectivity index (χ0) is 6.24. The average Bonchev–Trinajstić information content (AvgIpc) is 1.81. The lowest BCUT2D eigenvalue weighted by molar-refractivity contribution is 0.729. The maximum Gasteiger partial charge on any atom is 0.0861 e. The van der Waals surface area contributed by atoms with Crippen molar-refractivity contribution in [2.24, 2.45) is 4.99 Å². The van der Waals surface area contributed by atoms with Crippen LogP contribution in [-0.2, 0) is 0 Å². The maximum absolute atomic E-state index is 6.42. The van der Waals surface area contributed by atoms with Gasteiger partial charge in [-0.25, -0.2) is 10.4 Å². The molecule has 0 rings (SSSR count). The molecular formula is C6H12N2. The monoisotopic (exact) mass is 112 g/mol. The Balaban J connectivity index is 2.82. The van der Waals surface area contributed by atoms with Crippen LogP contribution in [0.2, 0.25) is 0 Å². The molecule has 0 heterocycles. The highest BCUT2D eigenvalue weighted by Crippen LogP contribution is 1.91. The number of rotatable bonds is 4. The van der Waals surface area contributed by atoms with Gasteiger partial charge in [0, 0.05) is 6.54 Å². The first-order valence-electron chi connectivity index (χ1n) is 3.00. The summed E-state index contributed by atoms with van der Waals surface area (Å²) in [6.45, 7) is 2.92. The molecule has 0 unspecified atom stereocenters. The molecule has 46 valence electrons. The van der Waals surface area contributed by atoms with E-state index in [4.69, 9.17) is 5.41 Å². The molecule has 0 radical (unpaired) electrons. The van der Waals surface area contributed by atoms with Crippen LogP contribution in [-0.4, -0.2) is 12.6 Å². The second-order valence-corrected chi connectivity index (χ2v) is 1.70. The van der Waals surface area contributed by atoms with E-state index in [0.717, 1.165) is 13.0 Å². The summed E-state index contributed by atoms with van der Waals surface area (Å²) in [5.74, 6) is 0. The van der Waals surface area contributed by atoms with E-state index in [9.17, 15) is 0 Å². The van der Waals surface area contributed by atoms with Gasteiger partial charge < -0.3 is 0 Å². The Labute approximate surface area is 50.1 Å². The fraction of sp³-hybridized carbons (Fsp3) is 0.833.